The molecular formula is C5H6N2O2. The summed E-state index contributed by atoms with van der Waals surface area (Å²) >= 11 is 0. The Kier molecular flexibility index (Phi) is 1.22. The standard InChI is InChI=1S/C5H6N2O2/c1-3(8)4-2-6-5(9)7-4/h2H,1H3,(H2,6,7,9). The van der Waals surface area contributed by atoms with Crippen LogP contribution < -0.4 is 0 Å². The van der Waals surface area contributed by atoms with E-state index >= 15 is 0 Å². The van der Waals surface area contributed by atoms with E-state index in [-0.39, 0.29) is 11.8 Å². The molecule has 0 fully saturated rings. The van der Waals surface area contributed by atoms with Crippen molar-refractivity contribution in [3.63, 3.8) is 0 Å². The average molecular weight is 126 g/mol. The molecular weight excluding hydrogens is 120 g/mol. The van der Waals surface area contributed by atoms with Gasteiger partial charge >= 0.3 is 0 Å². The van der Waals surface area contributed by atoms with Gasteiger partial charge in [0.15, 0.2) is 5.78 Å². The fourth-order valence-corrected chi connectivity index (χ4v) is 0.490. The van der Waals surface area contributed by atoms with Gasteiger partial charge in [0.1, 0.15) is 5.69 Å². The zero-order chi connectivity index (χ0) is 6.85. The van der Waals surface area contributed by atoms with Crippen molar-refractivity contribution in [1.29, 1.82) is 0 Å². The number of aromatic amines is 1. The molecule has 0 bridgehead atoms. The van der Waals surface area contributed by atoms with Gasteiger partial charge in [-0.25, -0.2) is 4.98 Å². The number of aromatic hydroxyl groups is 1. The summed E-state index contributed by atoms with van der Waals surface area (Å²) in [4.78, 5) is 16.3. The average Bonchev–Trinajstić information content (AvgIpc) is 2.14. The van der Waals surface area contributed by atoms with Crippen LogP contribution in [-0.2, 0) is 0 Å². The lowest BCUT2D eigenvalue weighted by atomic mass is 10.3. The summed E-state index contributed by atoms with van der Waals surface area (Å²) < 4.78 is 0. The van der Waals surface area contributed by atoms with Crippen LogP contribution in [-0.4, -0.2) is 20.9 Å². The molecule has 0 aliphatic rings. The first-order chi connectivity index (χ1) is 4.20. The number of nitrogens with one attached hydrogen (secondary N) is 1. The van der Waals surface area contributed by atoms with Crippen LogP contribution in [0.2, 0.25) is 0 Å². The third kappa shape index (κ3) is 1.07. The molecule has 0 saturated carbocycles. The van der Waals surface area contributed by atoms with E-state index in [9.17, 15) is 4.79 Å². The van der Waals surface area contributed by atoms with Gasteiger partial charge in [-0.15, -0.1) is 0 Å². The minimum Gasteiger partial charge on any atom is -0.480 e. The van der Waals surface area contributed by atoms with Gasteiger partial charge in [0.05, 0.1) is 6.20 Å². The molecule has 1 heterocycles. The van der Waals surface area contributed by atoms with Gasteiger partial charge in [-0.05, 0) is 0 Å². The fraction of sp³-hybridized carbons (Fsp3) is 0.200. The quantitative estimate of drug-likeness (QED) is 0.532. The Bertz CT molecular complexity index is 229. The zero-order valence-electron chi connectivity index (χ0n) is 4.88. The highest BCUT2D eigenvalue weighted by molar-refractivity contribution is 5.91. The van der Waals surface area contributed by atoms with Crippen LogP contribution in [0.3, 0.4) is 0 Å². The molecule has 0 spiro atoms. The molecule has 1 aromatic rings. The van der Waals surface area contributed by atoms with E-state index in [0.29, 0.717) is 5.69 Å². The number of aromatic nitrogens is 2. The van der Waals surface area contributed by atoms with E-state index < -0.39 is 0 Å². The molecule has 9 heavy (non-hydrogen) atoms. The highest BCUT2D eigenvalue weighted by Gasteiger charge is 2.00. The molecule has 0 atom stereocenters. The Morgan fingerprint density at radius 1 is 1.89 bits per heavy atom. The maximum absolute atomic E-state index is 10.5. The lowest BCUT2D eigenvalue weighted by Gasteiger charge is -1.81. The molecule has 48 valence electrons. The van der Waals surface area contributed by atoms with Crippen molar-refractivity contribution in [3.8, 4) is 6.01 Å². The summed E-state index contributed by atoms with van der Waals surface area (Å²) in [6.07, 6.45) is 1.29. The summed E-state index contributed by atoms with van der Waals surface area (Å²) in [5.41, 5.74) is 0.326. The third-order valence-electron chi connectivity index (χ3n) is 0.942. The lowest BCUT2D eigenvalue weighted by molar-refractivity contribution is 0.101. The lowest BCUT2D eigenvalue weighted by Crippen LogP contribution is -1.89. The third-order valence-corrected chi connectivity index (χ3v) is 0.942. The Balaban J connectivity index is 2.98. The Morgan fingerprint density at radius 2 is 2.56 bits per heavy atom. The number of imidazole rings is 1. The van der Waals surface area contributed by atoms with Crippen LogP contribution >= 0.6 is 0 Å². The number of rotatable bonds is 1. The van der Waals surface area contributed by atoms with Crippen LogP contribution in [0.5, 0.6) is 6.01 Å². The fourth-order valence-electron chi connectivity index (χ4n) is 0.490. The van der Waals surface area contributed by atoms with Gasteiger partial charge in [-0.3, -0.25) is 4.79 Å². The highest BCUT2D eigenvalue weighted by Crippen LogP contribution is 2.01. The van der Waals surface area contributed by atoms with Gasteiger partial charge in [0.25, 0.3) is 6.01 Å². The number of carbonyl (C=O) groups excluding carboxylic acids is 1. The van der Waals surface area contributed by atoms with Crippen molar-refractivity contribution in [2.45, 2.75) is 6.92 Å². The second kappa shape index (κ2) is 1.89. The summed E-state index contributed by atoms with van der Waals surface area (Å²) in [6, 6.07) is -0.222. The van der Waals surface area contributed by atoms with Gasteiger partial charge in [0, 0.05) is 6.92 Å². The van der Waals surface area contributed by atoms with Crippen molar-refractivity contribution < 1.29 is 9.90 Å². The van der Waals surface area contributed by atoms with E-state index in [1.165, 1.54) is 13.1 Å². The van der Waals surface area contributed by atoms with Crippen molar-refractivity contribution in [2.24, 2.45) is 0 Å². The molecule has 0 aromatic carbocycles. The summed E-state index contributed by atoms with van der Waals surface area (Å²) in [5.74, 6) is -0.136. The number of ketones is 1. The number of H-pyrrole nitrogens is 1. The normalized spacial score (nSPS) is 9.44. The number of nitrogens with zero attached hydrogens (tertiary/aromatic N) is 1. The molecule has 1 rings (SSSR count). The largest absolute Gasteiger partial charge is 0.480 e. The van der Waals surface area contributed by atoms with E-state index in [1.54, 1.807) is 0 Å². The molecule has 0 aliphatic carbocycles. The molecule has 0 radical (unpaired) electrons. The van der Waals surface area contributed by atoms with Gasteiger partial charge < -0.3 is 10.1 Å². The second-order valence-corrected chi connectivity index (χ2v) is 1.68. The summed E-state index contributed by atoms with van der Waals surface area (Å²) in [5, 5.41) is 8.58. The zero-order valence-corrected chi connectivity index (χ0v) is 4.88. The number of hydrogen-bond acceptors (Lipinski definition) is 3. The molecule has 0 saturated heterocycles. The molecule has 1 aromatic heterocycles. The first-order valence-electron chi connectivity index (χ1n) is 2.45. The summed E-state index contributed by atoms with van der Waals surface area (Å²) in [6.45, 7) is 1.40. The minimum atomic E-state index is -0.222. The molecule has 4 nitrogen and oxygen atoms in total. The molecule has 2 N–H and O–H groups in total. The van der Waals surface area contributed by atoms with E-state index in [1.807, 2.05) is 0 Å². The van der Waals surface area contributed by atoms with Crippen LogP contribution in [0, 0.1) is 0 Å². The van der Waals surface area contributed by atoms with Crippen LogP contribution in [0.4, 0.5) is 0 Å². The molecule has 4 heteroatoms. The first-order valence-corrected chi connectivity index (χ1v) is 2.45. The predicted octanol–water partition coefficient (Wildman–Crippen LogP) is 0.318. The van der Waals surface area contributed by atoms with E-state index in [0.717, 1.165) is 0 Å². The van der Waals surface area contributed by atoms with Crippen LogP contribution in [0.25, 0.3) is 0 Å². The Labute approximate surface area is 51.5 Å². The van der Waals surface area contributed by atoms with Gasteiger partial charge in [-0.1, -0.05) is 0 Å². The molecule has 0 unspecified atom stereocenters. The SMILES string of the molecule is CC(=O)c1cnc(O)[nH]1. The maximum Gasteiger partial charge on any atom is 0.291 e. The Hall–Kier alpha value is -1.32. The first kappa shape index (κ1) is 5.81. The van der Waals surface area contributed by atoms with Crippen molar-refractivity contribution >= 4 is 5.78 Å². The summed E-state index contributed by atoms with van der Waals surface area (Å²) in [7, 11) is 0. The van der Waals surface area contributed by atoms with Gasteiger partial charge in [0.2, 0.25) is 0 Å². The van der Waals surface area contributed by atoms with Crippen LogP contribution in [0.15, 0.2) is 6.20 Å². The number of hydrogen-bond donors (Lipinski definition) is 2. The highest BCUT2D eigenvalue weighted by atomic mass is 16.3. The van der Waals surface area contributed by atoms with Crippen molar-refractivity contribution in [1.82, 2.24) is 9.97 Å². The minimum absolute atomic E-state index is 0.136. The van der Waals surface area contributed by atoms with Crippen molar-refractivity contribution in [3.05, 3.63) is 11.9 Å². The molecule has 0 amide bonds. The number of Topliss-reactive ketones (excluding diaryl/α,β-unsaturated/α-hetero) is 1. The molecule has 0 aliphatic heterocycles. The predicted molar refractivity (Wildman–Crippen MR) is 30.3 cm³/mol. The number of carbonyl (C=O) groups is 1. The topological polar surface area (TPSA) is 66.0 Å². The Morgan fingerprint density at radius 3 is 2.78 bits per heavy atom. The van der Waals surface area contributed by atoms with Gasteiger partial charge in [-0.2, -0.15) is 0 Å². The smallest absolute Gasteiger partial charge is 0.291 e. The van der Waals surface area contributed by atoms with Crippen molar-refractivity contribution in [2.75, 3.05) is 0 Å². The van der Waals surface area contributed by atoms with E-state index in [2.05, 4.69) is 9.97 Å². The monoisotopic (exact) mass is 126 g/mol. The van der Waals surface area contributed by atoms with Crippen LogP contribution in [0.1, 0.15) is 17.4 Å². The maximum atomic E-state index is 10.5. The second-order valence-electron chi connectivity index (χ2n) is 1.68. The van der Waals surface area contributed by atoms with E-state index in [4.69, 9.17) is 5.11 Å².